The zero-order valence-electron chi connectivity index (χ0n) is 14.5. The van der Waals surface area contributed by atoms with E-state index in [9.17, 15) is 9.59 Å². The molecule has 1 saturated heterocycles. The van der Waals surface area contributed by atoms with Crippen LogP contribution in [0.5, 0.6) is 0 Å². The maximum atomic E-state index is 12.8. The highest BCUT2D eigenvalue weighted by Gasteiger charge is 2.36. The number of aryl methyl sites for hydroxylation is 1. The van der Waals surface area contributed by atoms with Crippen LogP contribution in [0, 0.1) is 6.92 Å². The highest BCUT2D eigenvalue weighted by Crippen LogP contribution is 2.26. The number of likely N-dealkylation sites (tertiary alicyclic amines) is 1. The number of benzene rings is 1. The molecule has 2 amide bonds. The number of pyridine rings is 1. The van der Waals surface area contributed by atoms with Crippen molar-refractivity contribution < 1.29 is 9.59 Å². The van der Waals surface area contributed by atoms with E-state index >= 15 is 0 Å². The molecule has 1 aliphatic rings. The van der Waals surface area contributed by atoms with Crippen LogP contribution >= 0.6 is 0 Å². The van der Waals surface area contributed by atoms with Gasteiger partial charge in [0.2, 0.25) is 11.8 Å². The van der Waals surface area contributed by atoms with Crippen LogP contribution in [0.4, 0.5) is 5.69 Å². The predicted octanol–water partition coefficient (Wildman–Crippen LogP) is 3.00. The van der Waals surface area contributed by atoms with Crippen molar-refractivity contribution in [3.8, 4) is 0 Å². The van der Waals surface area contributed by atoms with Gasteiger partial charge in [-0.1, -0.05) is 18.2 Å². The fourth-order valence-corrected chi connectivity index (χ4v) is 3.48. The van der Waals surface area contributed by atoms with E-state index in [-0.39, 0.29) is 11.8 Å². The molecule has 1 atom stereocenters. The lowest BCUT2D eigenvalue weighted by molar-refractivity contribution is -0.133. The zero-order valence-corrected chi connectivity index (χ0v) is 14.5. The van der Waals surface area contributed by atoms with Crippen LogP contribution in [0.25, 0.3) is 10.9 Å². The minimum atomic E-state index is -0.462. The molecule has 1 aromatic carbocycles. The Morgan fingerprint density at radius 3 is 3.00 bits per heavy atom. The van der Waals surface area contributed by atoms with Crippen molar-refractivity contribution in [1.29, 1.82) is 0 Å². The summed E-state index contributed by atoms with van der Waals surface area (Å²) in [6.07, 6.45) is 4.53. The molecule has 2 N–H and O–H groups in total. The third-order valence-corrected chi connectivity index (χ3v) is 4.91. The van der Waals surface area contributed by atoms with Crippen LogP contribution < -0.4 is 5.32 Å². The van der Waals surface area contributed by atoms with Crippen molar-refractivity contribution >= 4 is 28.4 Å². The number of amides is 2. The number of H-pyrrole nitrogens is 1. The van der Waals surface area contributed by atoms with Gasteiger partial charge in [0.05, 0.1) is 11.4 Å². The van der Waals surface area contributed by atoms with Gasteiger partial charge in [0.15, 0.2) is 0 Å². The second-order valence-corrected chi connectivity index (χ2v) is 6.56. The fraction of sp³-hybridized carbons (Fsp3) is 0.250. The second-order valence-electron chi connectivity index (χ2n) is 6.56. The minimum Gasteiger partial charge on any atom is -0.361 e. The first-order valence-electron chi connectivity index (χ1n) is 8.70. The van der Waals surface area contributed by atoms with Gasteiger partial charge in [-0.3, -0.25) is 14.6 Å². The minimum absolute atomic E-state index is 0.0124. The number of rotatable bonds is 4. The van der Waals surface area contributed by atoms with Gasteiger partial charge in [0.25, 0.3) is 0 Å². The molecule has 3 heterocycles. The number of nitrogens with zero attached hydrogens (tertiary/aromatic N) is 2. The van der Waals surface area contributed by atoms with E-state index in [1.54, 1.807) is 17.2 Å². The zero-order chi connectivity index (χ0) is 18.1. The first-order chi connectivity index (χ1) is 12.6. The Kier molecular flexibility index (Phi) is 4.16. The van der Waals surface area contributed by atoms with Crippen LogP contribution in [0.3, 0.4) is 0 Å². The van der Waals surface area contributed by atoms with Gasteiger partial charge in [-0.2, -0.15) is 0 Å². The summed E-state index contributed by atoms with van der Waals surface area (Å²) in [5.74, 6) is -0.148. The van der Waals surface area contributed by atoms with Crippen LogP contribution in [0.15, 0.2) is 48.8 Å². The summed E-state index contributed by atoms with van der Waals surface area (Å²) in [4.78, 5) is 34.3. The summed E-state index contributed by atoms with van der Waals surface area (Å²) in [6, 6.07) is 11.1. The Morgan fingerprint density at radius 2 is 2.15 bits per heavy atom. The normalized spacial score (nSPS) is 17.0. The predicted molar refractivity (Wildman–Crippen MR) is 99.5 cm³/mol. The number of hydrogen-bond acceptors (Lipinski definition) is 3. The first kappa shape index (κ1) is 16.3. The summed E-state index contributed by atoms with van der Waals surface area (Å²) in [6.45, 7) is 2.27. The van der Waals surface area contributed by atoms with Crippen molar-refractivity contribution in [3.63, 3.8) is 0 Å². The molecule has 0 spiro atoms. The smallest absolute Gasteiger partial charge is 0.247 e. The average Bonchev–Trinajstić information content (AvgIpc) is 3.22. The molecular weight excluding hydrogens is 328 g/mol. The van der Waals surface area contributed by atoms with Crippen molar-refractivity contribution in [2.45, 2.75) is 32.4 Å². The van der Waals surface area contributed by atoms with E-state index in [2.05, 4.69) is 15.3 Å². The summed E-state index contributed by atoms with van der Waals surface area (Å²) in [5, 5.41) is 3.99. The molecule has 4 rings (SSSR count). The molecule has 0 saturated carbocycles. The lowest BCUT2D eigenvalue weighted by atomic mass is 10.1. The van der Waals surface area contributed by atoms with Gasteiger partial charge in [-0.25, -0.2) is 0 Å². The number of anilines is 1. The summed E-state index contributed by atoms with van der Waals surface area (Å²) >= 11 is 0. The van der Waals surface area contributed by atoms with Crippen LogP contribution in [0.1, 0.15) is 24.1 Å². The SMILES string of the molecule is Cc1ncccc1NC(=O)C1CCC(=O)N1Cc1c[nH]c2ccccc12. The van der Waals surface area contributed by atoms with Gasteiger partial charge < -0.3 is 15.2 Å². The monoisotopic (exact) mass is 348 g/mol. The Balaban J connectivity index is 1.55. The van der Waals surface area contributed by atoms with Gasteiger partial charge in [-0.05, 0) is 37.1 Å². The molecule has 132 valence electrons. The van der Waals surface area contributed by atoms with E-state index in [1.807, 2.05) is 43.5 Å². The molecule has 1 aliphatic heterocycles. The van der Waals surface area contributed by atoms with E-state index in [1.165, 1.54) is 0 Å². The van der Waals surface area contributed by atoms with Gasteiger partial charge in [0.1, 0.15) is 6.04 Å². The van der Waals surface area contributed by atoms with Crippen LogP contribution in [-0.2, 0) is 16.1 Å². The standard InChI is InChI=1S/C20H20N4O2/c1-13-16(7-4-10-21-13)23-20(26)18-8-9-19(25)24(18)12-14-11-22-17-6-3-2-5-15(14)17/h2-7,10-11,18,22H,8-9,12H2,1H3,(H,23,26). The number of carbonyl (C=O) groups is 2. The summed E-state index contributed by atoms with van der Waals surface area (Å²) in [5.41, 5.74) is 3.49. The molecular formula is C20H20N4O2. The number of para-hydroxylation sites is 1. The number of nitrogens with one attached hydrogen (secondary N) is 2. The molecule has 3 aromatic rings. The first-order valence-corrected chi connectivity index (χ1v) is 8.70. The molecule has 1 unspecified atom stereocenters. The molecule has 0 radical (unpaired) electrons. The molecule has 26 heavy (non-hydrogen) atoms. The number of carbonyl (C=O) groups excluding carboxylic acids is 2. The highest BCUT2D eigenvalue weighted by molar-refractivity contribution is 5.99. The van der Waals surface area contributed by atoms with Crippen molar-refractivity contribution in [3.05, 3.63) is 60.0 Å². The molecule has 6 heteroatoms. The molecule has 0 aliphatic carbocycles. The van der Waals surface area contributed by atoms with Crippen LogP contribution in [-0.4, -0.2) is 32.7 Å². The van der Waals surface area contributed by atoms with E-state index in [0.29, 0.717) is 25.1 Å². The second kappa shape index (κ2) is 6.63. The maximum absolute atomic E-state index is 12.8. The lowest BCUT2D eigenvalue weighted by Gasteiger charge is -2.24. The third kappa shape index (κ3) is 2.94. The fourth-order valence-electron chi connectivity index (χ4n) is 3.48. The number of aromatic amines is 1. The Labute approximate surface area is 151 Å². The largest absolute Gasteiger partial charge is 0.361 e. The van der Waals surface area contributed by atoms with Crippen molar-refractivity contribution in [1.82, 2.24) is 14.9 Å². The van der Waals surface area contributed by atoms with Crippen molar-refractivity contribution in [2.24, 2.45) is 0 Å². The summed E-state index contributed by atoms with van der Waals surface area (Å²) in [7, 11) is 0. The average molecular weight is 348 g/mol. The number of hydrogen-bond donors (Lipinski definition) is 2. The van der Waals surface area contributed by atoms with E-state index in [4.69, 9.17) is 0 Å². The summed E-state index contributed by atoms with van der Waals surface area (Å²) < 4.78 is 0. The Bertz CT molecular complexity index is 979. The lowest BCUT2D eigenvalue weighted by Crippen LogP contribution is -2.41. The maximum Gasteiger partial charge on any atom is 0.247 e. The number of fused-ring (bicyclic) bond motifs is 1. The Morgan fingerprint density at radius 1 is 1.31 bits per heavy atom. The van der Waals surface area contributed by atoms with Crippen molar-refractivity contribution in [2.75, 3.05) is 5.32 Å². The molecule has 2 aromatic heterocycles. The molecule has 0 bridgehead atoms. The molecule has 6 nitrogen and oxygen atoms in total. The topological polar surface area (TPSA) is 78.1 Å². The van der Waals surface area contributed by atoms with Crippen LogP contribution in [0.2, 0.25) is 0 Å². The number of aromatic nitrogens is 2. The van der Waals surface area contributed by atoms with Gasteiger partial charge in [-0.15, -0.1) is 0 Å². The highest BCUT2D eigenvalue weighted by atomic mass is 16.2. The Hall–Kier alpha value is -3.15. The van der Waals surface area contributed by atoms with E-state index in [0.717, 1.165) is 22.2 Å². The molecule has 1 fully saturated rings. The third-order valence-electron chi connectivity index (χ3n) is 4.91. The quantitative estimate of drug-likeness (QED) is 0.761. The van der Waals surface area contributed by atoms with E-state index < -0.39 is 6.04 Å². The van der Waals surface area contributed by atoms with Gasteiger partial charge in [0, 0.05) is 36.3 Å². The van der Waals surface area contributed by atoms with Gasteiger partial charge >= 0.3 is 0 Å².